The minimum Gasteiger partial charge on any atom is -0.302 e. The van der Waals surface area contributed by atoms with E-state index in [1.165, 1.54) is 0 Å². The summed E-state index contributed by atoms with van der Waals surface area (Å²) in [5.74, 6) is 0. The number of nitriles is 1. The molecule has 1 atom stereocenters. The molecule has 0 heterocycles. The van der Waals surface area contributed by atoms with Crippen molar-refractivity contribution in [1.29, 1.82) is 5.26 Å². The van der Waals surface area contributed by atoms with E-state index in [-0.39, 0.29) is 11.5 Å². The molecular formula is C8H16N2. The number of hydrogen-bond acceptors (Lipinski definition) is 2. The first kappa shape index (κ1) is 9.45. The molecule has 0 saturated heterocycles. The van der Waals surface area contributed by atoms with Gasteiger partial charge < -0.3 is 5.32 Å². The van der Waals surface area contributed by atoms with E-state index in [0.29, 0.717) is 0 Å². The molecule has 10 heavy (non-hydrogen) atoms. The number of nitrogens with one attached hydrogen (secondary N) is 1. The molecule has 1 N–H and O–H groups in total. The first-order valence-electron chi connectivity index (χ1n) is 3.59. The first-order chi connectivity index (χ1) is 4.45. The average Bonchev–Trinajstić information content (AvgIpc) is 1.81. The van der Waals surface area contributed by atoms with Crippen LogP contribution >= 0.6 is 0 Å². The van der Waals surface area contributed by atoms with Gasteiger partial charge in [0.1, 0.15) is 0 Å². The Bertz CT molecular complexity index is 127. The molecule has 1 unspecified atom stereocenters. The summed E-state index contributed by atoms with van der Waals surface area (Å²) in [6.45, 7) is 9.19. The Morgan fingerprint density at radius 2 is 2.00 bits per heavy atom. The number of hydrogen-bond donors (Lipinski definition) is 1. The maximum atomic E-state index is 8.42. The second-order valence-electron chi connectivity index (χ2n) is 3.79. The van der Waals surface area contributed by atoms with E-state index in [1.54, 1.807) is 0 Å². The van der Waals surface area contributed by atoms with Crippen molar-refractivity contribution < 1.29 is 0 Å². The van der Waals surface area contributed by atoms with Gasteiger partial charge in [0.15, 0.2) is 0 Å². The Morgan fingerprint density at radius 3 is 2.30 bits per heavy atom. The fourth-order valence-electron chi connectivity index (χ4n) is 0.505. The number of nitrogens with zero attached hydrogens (tertiary/aromatic N) is 1. The summed E-state index contributed by atoms with van der Waals surface area (Å²) in [7, 11) is 0. The van der Waals surface area contributed by atoms with Crippen LogP contribution in [0.3, 0.4) is 0 Å². The summed E-state index contributed by atoms with van der Waals surface area (Å²) in [4.78, 5) is 0. The largest absolute Gasteiger partial charge is 0.302 e. The van der Waals surface area contributed by atoms with Crippen molar-refractivity contribution >= 4 is 0 Å². The molecule has 0 aromatic heterocycles. The van der Waals surface area contributed by atoms with Crippen molar-refractivity contribution in [2.45, 2.75) is 33.7 Å². The zero-order chi connectivity index (χ0) is 8.20. The van der Waals surface area contributed by atoms with Crippen molar-refractivity contribution in [3.05, 3.63) is 0 Å². The van der Waals surface area contributed by atoms with Crippen LogP contribution in [0.4, 0.5) is 0 Å². The normalized spacial score (nSPS) is 14.3. The monoisotopic (exact) mass is 140 g/mol. The smallest absolute Gasteiger partial charge is 0.0924 e. The average molecular weight is 140 g/mol. The zero-order valence-electron chi connectivity index (χ0n) is 7.23. The standard InChI is InChI=1S/C8H16N2/c1-7(5-9)10-6-8(2,3)4/h7,10H,6H2,1-4H3. The van der Waals surface area contributed by atoms with Crippen LogP contribution in [0.15, 0.2) is 0 Å². The molecule has 0 radical (unpaired) electrons. The molecule has 58 valence electrons. The molecule has 0 aliphatic carbocycles. The summed E-state index contributed by atoms with van der Waals surface area (Å²) >= 11 is 0. The lowest BCUT2D eigenvalue weighted by atomic mass is 9.97. The minimum atomic E-state index is -0.0285. The van der Waals surface area contributed by atoms with Crippen LogP contribution < -0.4 is 5.32 Å². The van der Waals surface area contributed by atoms with Crippen LogP contribution in [0, 0.1) is 16.7 Å². The quantitative estimate of drug-likeness (QED) is 0.631. The Labute approximate surface area is 63.2 Å². The molecule has 0 aliphatic heterocycles. The third kappa shape index (κ3) is 5.58. The fourth-order valence-corrected chi connectivity index (χ4v) is 0.505. The van der Waals surface area contributed by atoms with E-state index in [0.717, 1.165) is 6.54 Å². The second kappa shape index (κ2) is 3.58. The van der Waals surface area contributed by atoms with E-state index >= 15 is 0 Å². The zero-order valence-corrected chi connectivity index (χ0v) is 7.23. The molecule has 0 bridgehead atoms. The first-order valence-corrected chi connectivity index (χ1v) is 3.59. The highest BCUT2D eigenvalue weighted by atomic mass is 14.9. The van der Waals surface area contributed by atoms with E-state index in [9.17, 15) is 0 Å². The Balaban J connectivity index is 3.48. The van der Waals surface area contributed by atoms with Gasteiger partial charge in [-0.2, -0.15) is 5.26 Å². The lowest BCUT2D eigenvalue weighted by molar-refractivity contribution is 0.372. The van der Waals surface area contributed by atoms with Gasteiger partial charge in [-0.1, -0.05) is 20.8 Å². The number of rotatable bonds is 2. The summed E-state index contributed by atoms with van der Waals surface area (Å²) < 4.78 is 0. The Hall–Kier alpha value is -0.550. The van der Waals surface area contributed by atoms with Gasteiger partial charge in [0.25, 0.3) is 0 Å². The van der Waals surface area contributed by atoms with Gasteiger partial charge >= 0.3 is 0 Å². The maximum absolute atomic E-state index is 8.42. The van der Waals surface area contributed by atoms with Crippen molar-refractivity contribution in [2.24, 2.45) is 5.41 Å². The van der Waals surface area contributed by atoms with E-state index in [4.69, 9.17) is 5.26 Å². The summed E-state index contributed by atoms with van der Waals surface area (Å²) in [6.07, 6.45) is 0. The molecule has 0 aliphatic rings. The van der Waals surface area contributed by atoms with Crippen molar-refractivity contribution in [2.75, 3.05) is 6.54 Å². The van der Waals surface area contributed by atoms with Crippen LogP contribution in [0.5, 0.6) is 0 Å². The summed E-state index contributed by atoms with van der Waals surface area (Å²) in [5.41, 5.74) is 0.269. The lowest BCUT2D eigenvalue weighted by Gasteiger charge is -2.19. The summed E-state index contributed by atoms with van der Waals surface area (Å²) in [6, 6.07) is 2.10. The predicted molar refractivity (Wildman–Crippen MR) is 42.5 cm³/mol. The molecule has 0 spiro atoms. The molecule has 0 saturated carbocycles. The SMILES string of the molecule is CC(C#N)NCC(C)(C)C. The molecule has 0 amide bonds. The highest BCUT2D eigenvalue weighted by Crippen LogP contribution is 2.10. The summed E-state index contributed by atoms with van der Waals surface area (Å²) in [5, 5.41) is 11.5. The molecule has 2 nitrogen and oxygen atoms in total. The van der Waals surface area contributed by atoms with Gasteiger partial charge in [0.2, 0.25) is 0 Å². The van der Waals surface area contributed by atoms with Gasteiger partial charge in [-0.3, -0.25) is 0 Å². The highest BCUT2D eigenvalue weighted by molar-refractivity contribution is 4.86. The second-order valence-corrected chi connectivity index (χ2v) is 3.79. The van der Waals surface area contributed by atoms with Gasteiger partial charge in [-0.15, -0.1) is 0 Å². The van der Waals surface area contributed by atoms with Crippen LogP contribution in [-0.2, 0) is 0 Å². The van der Waals surface area contributed by atoms with E-state index in [2.05, 4.69) is 32.2 Å². The third-order valence-electron chi connectivity index (χ3n) is 1.13. The van der Waals surface area contributed by atoms with Crippen LogP contribution in [0.1, 0.15) is 27.7 Å². The maximum Gasteiger partial charge on any atom is 0.0924 e. The van der Waals surface area contributed by atoms with Crippen LogP contribution in [-0.4, -0.2) is 12.6 Å². The van der Waals surface area contributed by atoms with E-state index in [1.807, 2.05) is 6.92 Å². The Kier molecular flexibility index (Phi) is 3.38. The van der Waals surface area contributed by atoms with Gasteiger partial charge in [0.05, 0.1) is 12.1 Å². The minimum absolute atomic E-state index is 0.0285. The Morgan fingerprint density at radius 1 is 1.50 bits per heavy atom. The van der Waals surface area contributed by atoms with Crippen LogP contribution in [0.25, 0.3) is 0 Å². The lowest BCUT2D eigenvalue weighted by Crippen LogP contribution is -2.32. The third-order valence-corrected chi connectivity index (χ3v) is 1.13. The molecule has 0 aromatic rings. The molecule has 0 fully saturated rings. The fraction of sp³-hybridized carbons (Fsp3) is 0.875. The van der Waals surface area contributed by atoms with E-state index < -0.39 is 0 Å². The van der Waals surface area contributed by atoms with Gasteiger partial charge in [0, 0.05) is 6.54 Å². The van der Waals surface area contributed by atoms with Crippen molar-refractivity contribution in [1.82, 2.24) is 5.32 Å². The van der Waals surface area contributed by atoms with Gasteiger partial charge in [-0.05, 0) is 12.3 Å². The highest BCUT2D eigenvalue weighted by Gasteiger charge is 2.10. The predicted octanol–water partition coefficient (Wildman–Crippen LogP) is 1.53. The van der Waals surface area contributed by atoms with Crippen molar-refractivity contribution in [3.63, 3.8) is 0 Å². The van der Waals surface area contributed by atoms with Crippen molar-refractivity contribution in [3.8, 4) is 6.07 Å². The van der Waals surface area contributed by atoms with Gasteiger partial charge in [-0.25, -0.2) is 0 Å². The molecule has 0 aromatic carbocycles. The van der Waals surface area contributed by atoms with Crippen LogP contribution in [0.2, 0.25) is 0 Å². The molecular weight excluding hydrogens is 124 g/mol. The molecule has 2 heteroatoms. The molecule has 0 rings (SSSR count). The topological polar surface area (TPSA) is 35.8 Å².